The molecule has 4 rings (SSSR count). The van der Waals surface area contributed by atoms with Gasteiger partial charge in [-0.25, -0.2) is 14.2 Å². The van der Waals surface area contributed by atoms with Crippen LogP contribution < -0.4 is 0 Å². The molecule has 2 heterocycles. The summed E-state index contributed by atoms with van der Waals surface area (Å²) >= 11 is 0. The number of nitro groups is 1. The van der Waals surface area contributed by atoms with Crippen molar-refractivity contribution in [2.45, 2.75) is 26.3 Å². The molecule has 1 aliphatic rings. The van der Waals surface area contributed by atoms with Crippen molar-refractivity contribution in [3.8, 4) is 0 Å². The summed E-state index contributed by atoms with van der Waals surface area (Å²) in [5, 5.41) is 11.4. The standard InChI is InChI=1S/C29H27FN4O6/c1-18-25(28(35)39-3)27(22-5-4-6-24(14-22)34(37)38)26(19(2)32-18)29(36)40-16-23(30)13-20-7-9-21(10-8-20)15-33-12-11-31-17-33/h4-14,17,25,27H,15-16H2,1-3H3. The molecule has 10 nitrogen and oxygen atoms in total. The summed E-state index contributed by atoms with van der Waals surface area (Å²) in [4.78, 5) is 45.2. The molecule has 1 aromatic heterocycles. The Balaban J connectivity index is 1.55. The molecule has 0 fully saturated rings. The van der Waals surface area contributed by atoms with Crippen LogP contribution in [0.25, 0.3) is 6.08 Å². The van der Waals surface area contributed by atoms with Crippen LogP contribution in [0.4, 0.5) is 10.1 Å². The molecule has 11 heteroatoms. The molecule has 206 valence electrons. The minimum atomic E-state index is -1.03. The molecule has 2 aromatic carbocycles. The maximum absolute atomic E-state index is 14.8. The van der Waals surface area contributed by atoms with Gasteiger partial charge in [0.05, 0.1) is 23.9 Å². The molecule has 0 radical (unpaired) electrons. The molecule has 0 aliphatic carbocycles. The minimum Gasteiger partial charge on any atom is -0.468 e. The number of carbonyl (C=O) groups excluding carboxylic acids is 2. The fraction of sp³-hybridized carbons (Fsp3) is 0.241. The number of aromatic nitrogens is 2. The topological polar surface area (TPSA) is 126 Å². The molecule has 0 spiro atoms. The number of benzene rings is 2. The number of hydrogen-bond acceptors (Lipinski definition) is 8. The van der Waals surface area contributed by atoms with Gasteiger partial charge in [-0.1, -0.05) is 36.4 Å². The van der Waals surface area contributed by atoms with Crippen LogP contribution in [0.1, 0.15) is 36.5 Å². The maximum atomic E-state index is 14.8. The van der Waals surface area contributed by atoms with E-state index in [-0.39, 0.29) is 17.0 Å². The van der Waals surface area contributed by atoms with Gasteiger partial charge in [-0.15, -0.1) is 0 Å². The Bertz CT molecular complexity index is 1510. The number of imidazole rings is 1. The molecule has 2 atom stereocenters. The van der Waals surface area contributed by atoms with Crippen LogP contribution in [-0.4, -0.2) is 45.8 Å². The maximum Gasteiger partial charge on any atom is 0.336 e. The number of hydrogen-bond donors (Lipinski definition) is 0. The summed E-state index contributed by atoms with van der Waals surface area (Å²) < 4.78 is 26.9. The zero-order valence-corrected chi connectivity index (χ0v) is 22.1. The van der Waals surface area contributed by atoms with Gasteiger partial charge in [0.15, 0.2) is 0 Å². The quantitative estimate of drug-likeness (QED) is 0.210. The molecule has 3 aromatic rings. The lowest BCUT2D eigenvalue weighted by Gasteiger charge is -2.31. The Morgan fingerprint density at radius 3 is 2.58 bits per heavy atom. The molecule has 0 saturated carbocycles. The molecule has 0 saturated heterocycles. The van der Waals surface area contributed by atoms with Crippen LogP contribution in [0.5, 0.6) is 0 Å². The number of rotatable bonds is 9. The largest absolute Gasteiger partial charge is 0.468 e. The Kier molecular flexibility index (Phi) is 8.63. The Morgan fingerprint density at radius 1 is 1.18 bits per heavy atom. The number of esters is 2. The number of nitrogens with zero attached hydrogens (tertiary/aromatic N) is 4. The summed E-state index contributed by atoms with van der Waals surface area (Å²) in [6, 6.07) is 12.8. The van der Waals surface area contributed by atoms with Gasteiger partial charge in [-0.3, -0.25) is 19.9 Å². The van der Waals surface area contributed by atoms with Crippen molar-refractivity contribution in [3.05, 3.63) is 111 Å². The van der Waals surface area contributed by atoms with Gasteiger partial charge < -0.3 is 14.0 Å². The van der Waals surface area contributed by atoms with Gasteiger partial charge in [-0.2, -0.15) is 0 Å². The van der Waals surface area contributed by atoms with E-state index in [1.807, 2.05) is 22.9 Å². The lowest BCUT2D eigenvalue weighted by molar-refractivity contribution is -0.384. The van der Waals surface area contributed by atoms with Crippen LogP contribution in [0, 0.1) is 16.0 Å². The summed E-state index contributed by atoms with van der Waals surface area (Å²) in [5.74, 6) is -4.26. The number of aliphatic imine (C=N–C) groups is 1. The van der Waals surface area contributed by atoms with Crippen LogP contribution in [0.3, 0.4) is 0 Å². The zero-order valence-electron chi connectivity index (χ0n) is 22.1. The van der Waals surface area contributed by atoms with E-state index in [1.54, 1.807) is 44.6 Å². The van der Waals surface area contributed by atoms with Crippen molar-refractivity contribution in [1.29, 1.82) is 0 Å². The summed E-state index contributed by atoms with van der Waals surface area (Å²) in [5.41, 5.74) is 2.34. The monoisotopic (exact) mass is 546 g/mol. The van der Waals surface area contributed by atoms with Gasteiger partial charge in [0, 0.05) is 48.4 Å². The highest BCUT2D eigenvalue weighted by molar-refractivity contribution is 6.07. The van der Waals surface area contributed by atoms with E-state index in [0.717, 1.165) is 5.56 Å². The third-order valence-electron chi connectivity index (χ3n) is 6.51. The highest BCUT2D eigenvalue weighted by Gasteiger charge is 2.42. The highest BCUT2D eigenvalue weighted by Crippen LogP contribution is 2.41. The summed E-state index contributed by atoms with van der Waals surface area (Å²) in [6.07, 6.45) is 6.49. The summed E-state index contributed by atoms with van der Waals surface area (Å²) in [6.45, 7) is 3.15. The van der Waals surface area contributed by atoms with Crippen molar-refractivity contribution < 1.29 is 28.4 Å². The van der Waals surface area contributed by atoms with E-state index < -0.39 is 41.1 Å². The van der Waals surface area contributed by atoms with Crippen LogP contribution in [0.15, 0.2) is 89.3 Å². The van der Waals surface area contributed by atoms with Crippen LogP contribution >= 0.6 is 0 Å². The van der Waals surface area contributed by atoms with E-state index in [4.69, 9.17) is 9.47 Å². The molecule has 40 heavy (non-hydrogen) atoms. The van der Waals surface area contributed by atoms with E-state index in [2.05, 4.69) is 9.98 Å². The first-order valence-corrected chi connectivity index (χ1v) is 12.3. The van der Waals surface area contributed by atoms with Crippen LogP contribution in [0.2, 0.25) is 0 Å². The van der Waals surface area contributed by atoms with Gasteiger partial charge in [0.25, 0.3) is 5.69 Å². The molecule has 0 N–H and O–H groups in total. The Hall–Kier alpha value is -4.93. The average molecular weight is 547 g/mol. The van der Waals surface area contributed by atoms with Gasteiger partial charge in [0.1, 0.15) is 18.4 Å². The third-order valence-corrected chi connectivity index (χ3v) is 6.51. The zero-order chi connectivity index (χ0) is 28.8. The van der Waals surface area contributed by atoms with Crippen molar-refractivity contribution in [1.82, 2.24) is 9.55 Å². The van der Waals surface area contributed by atoms with Gasteiger partial charge >= 0.3 is 11.9 Å². The first-order valence-electron chi connectivity index (χ1n) is 12.3. The fourth-order valence-electron chi connectivity index (χ4n) is 4.67. The number of nitro benzene ring substituents is 1. The van der Waals surface area contributed by atoms with Crippen molar-refractivity contribution in [2.24, 2.45) is 10.9 Å². The van der Waals surface area contributed by atoms with Crippen molar-refractivity contribution >= 4 is 29.4 Å². The number of halogens is 1. The second kappa shape index (κ2) is 12.3. The smallest absolute Gasteiger partial charge is 0.336 e. The Labute approximate surface area is 229 Å². The average Bonchev–Trinajstić information content (AvgIpc) is 3.45. The Morgan fingerprint density at radius 2 is 1.93 bits per heavy atom. The molecular weight excluding hydrogens is 519 g/mol. The second-order valence-corrected chi connectivity index (χ2v) is 9.23. The molecule has 0 amide bonds. The normalized spacial score (nSPS) is 17.3. The first kappa shape index (κ1) is 28.1. The predicted octanol–water partition coefficient (Wildman–Crippen LogP) is 5.01. The van der Waals surface area contributed by atoms with E-state index in [1.165, 1.54) is 31.4 Å². The molecule has 0 bridgehead atoms. The number of non-ortho nitro benzene ring substituents is 1. The molecule has 2 unspecified atom stereocenters. The molecule has 1 aliphatic heterocycles. The van der Waals surface area contributed by atoms with Crippen molar-refractivity contribution in [3.63, 3.8) is 0 Å². The van der Waals surface area contributed by atoms with E-state index >= 15 is 0 Å². The van der Waals surface area contributed by atoms with E-state index in [9.17, 15) is 24.1 Å². The molecular formula is C29H27FN4O6. The van der Waals surface area contributed by atoms with Crippen LogP contribution in [-0.2, 0) is 25.6 Å². The number of allylic oxidation sites excluding steroid dienone is 1. The predicted molar refractivity (Wildman–Crippen MR) is 145 cm³/mol. The first-order chi connectivity index (χ1) is 19.2. The number of carbonyl (C=O) groups is 2. The second-order valence-electron chi connectivity index (χ2n) is 9.23. The fourth-order valence-corrected chi connectivity index (χ4v) is 4.67. The lowest BCUT2D eigenvalue weighted by Crippen LogP contribution is -2.36. The summed E-state index contributed by atoms with van der Waals surface area (Å²) in [7, 11) is 1.20. The minimum absolute atomic E-state index is 0.00171. The number of ether oxygens (including phenoxy) is 2. The van der Waals surface area contributed by atoms with Gasteiger partial charge in [-0.05, 0) is 36.6 Å². The van der Waals surface area contributed by atoms with Gasteiger partial charge in [0.2, 0.25) is 0 Å². The SMILES string of the molecule is COC(=O)C1C(C)=NC(C)=C(C(=O)OCC(F)=Cc2ccc(Cn3ccnc3)cc2)C1c1cccc([N+](=O)[O-])c1. The number of methoxy groups -OCH3 is 1. The lowest BCUT2D eigenvalue weighted by atomic mass is 9.75. The highest BCUT2D eigenvalue weighted by atomic mass is 19.1. The van der Waals surface area contributed by atoms with E-state index in [0.29, 0.717) is 23.4 Å². The van der Waals surface area contributed by atoms with Crippen molar-refractivity contribution in [2.75, 3.05) is 13.7 Å². The third kappa shape index (κ3) is 6.37.